The van der Waals surface area contributed by atoms with Crippen molar-refractivity contribution >= 4 is 29.9 Å². The molecule has 0 saturated heterocycles. The van der Waals surface area contributed by atoms with Crippen LogP contribution in [0.25, 0.3) is 0 Å². The maximum Gasteiger partial charge on any atom is 0.191 e. The average molecular weight is 453 g/mol. The average Bonchev–Trinajstić information content (AvgIpc) is 2.62. The van der Waals surface area contributed by atoms with Gasteiger partial charge in [0.1, 0.15) is 5.75 Å². The zero-order valence-corrected chi connectivity index (χ0v) is 17.7. The van der Waals surface area contributed by atoms with Crippen molar-refractivity contribution < 1.29 is 4.74 Å². The molecule has 0 aromatic heterocycles. The van der Waals surface area contributed by atoms with Gasteiger partial charge in [0.2, 0.25) is 0 Å². The van der Waals surface area contributed by atoms with Crippen LogP contribution in [0.3, 0.4) is 0 Å². The highest BCUT2D eigenvalue weighted by molar-refractivity contribution is 14.0. The molecule has 0 bridgehead atoms. The van der Waals surface area contributed by atoms with Crippen LogP contribution in [0, 0.1) is 6.92 Å². The van der Waals surface area contributed by atoms with Crippen LogP contribution >= 0.6 is 24.0 Å². The van der Waals surface area contributed by atoms with E-state index in [1.54, 1.807) is 14.2 Å². The molecule has 1 atom stereocenters. The number of aliphatic imine (C=N–C) groups is 1. The molecule has 2 aromatic rings. The van der Waals surface area contributed by atoms with Gasteiger partial charge in [-0.1, -0.05) is 49.4 Å². The van der Waals surface area contributed by atoms with Crippen LogP contribution in [0.15, 0.2) is 53.5 Å². The fourth-order valence-corrected chi connectivity index (χ4v) is 2.64. The van der Waals surface area contributed by atoms with Gasteiger partial charge in [-0.2, -0.15) is 0 Å². The molecule has 4 nitrogen and oxygen atoms in total. The number of benzene rings is 2. The summed E-state index contributed by atoms with van der Waals surface area (Å²) in [6.45, 7) is 5.85. The number of nitrogens with zero attached hydrogens (tertiary/aromatic N) is 1. The Morgan fingerprint density at radius 1 is 1.08 bits per heavy atom. The molecule has 25 heavy (non-hydrogen) atoms. The molecule has 0 radical (unpaired) electrons. The predicted molar refractivity (Wildman–Crippen MR) is 116 cm³/mol. The summed E-state index contributed by atoms with van der Waals surface area (Å²) >= 11 is 0. The van der Waals surface area contributed by atoms with Gasteiger partial charge in [0.15, 0.2) is 5.96 Å². The van der Waals surface area contributed by atoms with Gasteiger partial charge >= 0.3 is 0 Å². The number of halogens is 1. The standard InChI is InChI=1S/C20H27N3O.HI/c1-15-9-5-6-10-17(15)14-23-20(21-3)22-13-16(2)18-11-7-8-12-19(18)24-4;/h5-12,16H,13-14H2,1-4H3,(H2,21,22,23);1H. The van der Waals surface area contributed by atoms with Crippen LogP contribution in [0.5, 0.6) is 5.75 Å². The Labute approximate surface area is 168 Å². The van der Waals surface area contributed by atoms with E-state index in [0.29, 0.717) is 5.92 Å². The molecule has 0 amide bonds. The van der Waals surface area contributed by atoms with E-state index in [4.69, 9.17) is 4.74 Å². The molecule has 0 aliphatic heterocycles. The minimum Gasteiger partial charge on any atom is -0.496 e. The topological polar surface area (TPSA) is 45.7 Å². The monoisotopic (exact) mass is 453 g/mol. The van der Waals surface area contributed by atoms with Gasteiger partial charge in [-0.15, -0.1) is 24.0 Å². The molecule has 0 aliphatic rings. The Hall–Kier alpha value is -1.76. The highest BCUT2D eigenvalue weighted by Gasteiger charge is 2.11. The lowest BCUT2D eigenvalue weighted by atomic mass is 10.0. The van der Waals surface area contributed by atoms with Crippen LogP contribution in [0.1, 0.15) is 29.5 Å². The van der Waals surface area contributed by atoms with E-state index in [0.717, 1.165) is 24.8 Å². The van der Waals surface area contributed by atoms with Crippen LogP contribution in [0.2, 0.25) is 0 Å². The fourth-order valence-electron chi connectivity index (χ4n) is 2.64. The smallest absolute Gasteiger partial charge is 0.191 e. The number of guanidine groups is 1. The quantitative estimate of drug-likeness (QED) is 0.394. The summed E-state index contributed by atoms with van der Waals surface area (Å²) in [5.41, 5.74) is 3.75. The Morgan fingerprint density at radius 3 is 2.44 bits per heavy atom. The second kappa shape index (κ2) is 11.0. The first-order valence-corrected chi connectivity index (χ1v) is 8.27. The number of hydrogen-bond acceptors (Lipinski definition) is 2. The van der Waals surface area contributed by atoms with Crippen LogP contribution in [0.4, 0.5) is 0 Å². The summed E-state index contributed by atoms with van der Waals surface area (Å²) in [6.07, 6.45) is 0. The highest BCUT2D eigenvalue weighted by Crippen LogP contribution is 2.25. The van der Waals surface area contributed by atoms with Gasteiger partial charge in [-0.25, -0.2) is 0 Å². The summed E-state index contributed by atoms with van der Waals surface area (Å²) in [5.74, 6) is 2.05. The van der Waals surface area contributed by atoms with E-state index >= 15 is 0 Å². The summed E-state index contributed by atoms with van der Waals surface area (Å²) in [6, 6.07) is 16.5. The Bertz CT molecular complexity index is 688. The van der Waals surface area contributed by atoms with Gasteiger partial charge in [-0.3, -0.25) is 4.99 Å². The molecule has 0 aliphatic carbocycles. The van der Waals surface area contributed by atoms with Gasteiger partial charge in [0, 0.05) is 26.1 Å². The number of hydrogen-bond donors (Lipinski definition) is 2. The number of para-hydroxylation sites is 1. The van der Waals surface area contributed by atoms with Crippen molar-refractivity contribution in [1.82, 2.24) is 10.6 Å². The maximum atomic E-state index is 5.44. The van der Waals surface area contributed by atoms with Crippen molar-refractivity contribution in [1.29, 1.82) is 0 Å². The zero-order chi connectivity index (χ0) is 17.4. The van der Waals surface area contributed by atoms with Gasteiger partial charge in [0.25, 0.3) is 0 Å². The molecule has 0 saturated carbocycles. The fraction of sp³-hybridized carbons (Fsp3) is 0.350. The lowest BCUT2D eigenvalue weighted by Gasteiger charge is -2.18. The normalized spacial score (nSPS) is 12.1. The SMILES string of the molecule is CN=C(NCc1ccccc1C)NCC(C)c1ccccc1OC.I. The largest absolute Gasteiger partial charge is 0.496 e. The van der Waals surface area contributed by atoms with Gasteiger partial charge < -0.3 is 15.4 Å². The van der Waals surface area contributed by atoms with E-state index in [-0.39, 0.29) is 24.0 Å². The Kier molecular flexibility index (Phi) is 9.34. The van der Waals surface area contributed by atoms with Crippen molar-refractivity contribution in [3.05, 3.63) is 65.2 Å². The van der Waals surface area contributed by atoms with E-state index in [9.17, 15) is 0 Å². The molecular formula is C20H28IN3O. The van der Waals surface area contributed by atoms with E-state index in [2.05, 4.69) is 59.8 Å². The summed E-state index contributed by atoms with van der Waals surface area (Å²) in [4.78, 5) is 4.30. The lowest BCUT2D eigenvalue weighted by Crippen LogP contribution is -2.38. The minimum absolute atomic E-state index is 0. The highest BCUT2D eigenvalue weighted by atomic mass is 127. The molecule has 1 unspecified atom stereocenters. The molecule has 2 N–H and O–H groups in total. The van der Waals surface area contributed by atoms with Crippen LogP contribution in [-0.4, -0.2) is 26.7 Å². The second-order valence-electron chi connectivity index (χ2n) is 5.88. The van der Waals surface area contributed by atoms with E-state index < -0.39 is 0 Å². The Morgan fingerprint density at radius 2 is 1.76 bits per heavy atom. The maximum absolute atomic E-state index is 5.44. The predicted octanol–water partition coefficient (Wildman–Crippen LogP) is 4.09. The van der Waals surface area contributed by atoms with Gasteiger partial charge in [-0.05, 0) is 29.7 Å². The van der Waals surface area contributed by atoms with E-state index in [1.165, 1.54) is 16.7 Å². The third-order valence-electron chi connectivity index (χ3n) is 4.18. The van der Waals surface area contributed by atoms with E-state index in [1.807, 2.05) is 18.2 Å². The summed E-state index contributed by atoms with van der Waals surface area (Å²) in [5, 5.41) is 6.76. The van der Waals surface area contributed by atoms with Crippen molar-refractivity contribution in [2.24, 2.45) is 4.99 Å². The molecular weight excluding hydrogens is 425 g/mol. The molecule has 5 heteroatoms. The first kappa shape index (κ1) is 21.3. The number of ether oxygens (including phenoxy) is 1. The molecule has 0 spiro atoms. The van der Waals surface area contributed by atoms with Crippen LogP contribution < -0.4 is 15.4 Å². The van der Waals surface area contributed by atoms with Crippen molar-refractivity contribution in [2.45, 2.75) is 26.3 Å². The number of methoxy groups -OCH3 is 1. The van der Waals surface area contributed by atoms with Crippen molar-refractivity contribution in [3.63, 3.8) is 0 Å². The first-order chi connectivity index (χ1) is 11.7. The number of rotatable bonds is 6. The zero-order valence-electron chi connectivity index (χ0n) is 15.4. The van der Waals surface area contributed by atoms with Gasteiger partial charge in [0.05, 0.1) is 7.11 Å². The second-order valence-corrected chi connectivity index (χ2v) is 5.88. The van der Waals surface area contributed by atoms with Crippen molar-refractivity contribution in [3.8, 4) is 5.75 Å². The van der Waals surface area contributed by atoms with Crippen LogP contribution in [-0.2, 0) is 6.54 Å². The number of nitrogens with one attached hydrogen (secondary N) is 2. The molecule has 2 rings (SSSR count). The molecule has 0 heterocycles. The molecule has 136 valence electrons. The summed E-state index contributed by atoms with van der Waals surface area (Å²) in [7, 11) is 3.50. The third kappa shape index (κ3) is 6.23. The summed E-state index contributed by atoms with van der Waals surface area (Å²) < 4.78 is 5.44. The minimum atomic E-state index is 0. The lowest BCUT2D eigenvalue weighted by molar-refractivity contribution is 0.406. The van der Waals surface area contributed by atoms with Crippen molar-refractivity contribution in [2.75, 3.05) is 20.7 Å². The molecule has 0 fully saturated rings. The third-order valence-corrected chi connectivity index (χ3v) is 4.18. The number of aryl methyl sites for hydroxylation is 1. The Balaban J connectivity index is 0.00000312. The molecule has 2 aromatic carbocycles. The first-order valence-electron chi connectivity index (χ1n) is 8.27.